The summed E-state index contributed by atoms with van der Waals surface area (Å²) in [6.07, 6.45) is 3.68. The van der Waals surface area contributed by atoms with Gasteiger partial charge in [-0.15, -0.1) is 0 Å². The maximum absolute atomic E-state index is 14.9. The molecule has 0 spiro atoms. The molecule has 0 radical (unpaired) electrons. The van der Waals surface area contributed by atoms with Crippen LogP contribution in [0, 0.1) is 11.7 Å². The van der Waals surface area contributed by atoms with Gasteiger partial charge in [0.2, 0.25) is 0 Å². The minimum Gasteiger partial charge on any atom is -0.458 e. The van der Waals surface area contributed by atoms with E-state index in [2.05, 4.69) is 9.88 Å². The van der Waals surface area contributed by atoms with Crippen molar-refractivity contribution in [3.05, 3.63) is 74.3 Å². The molecule has 3 aliphatic heterocycles. The van der Waals surface area contributed by atoms with Crippen molar-refractivity contribution in [2.24, 2.45) is 10.9 Å². The molecule has 1 fully saturated rings. The number of thioether (sulfide) groups is 1. The normalized spacial score (nSPS) is 25.5. The number of carbonyl (C=O) groups excluding carboxylic acids is 2. The molecular formula is C32H37Cl2FN4O3S. The molecule has 0 saturated carbocycles. The van der Waals surface area contributed by atoms with Crippen LogP contribution < -0.4 is 0 Å². The second-order valence-electron chi connectivity index (χ2n) is 12.7. The molecule has 4 heterocycles. The van der Waals surface area contributed by atoms with Gasteiger partial charge in [-0.3, -0.25) is 4.79 Å². The van der Waals surface area contributed by atoms with E-state index < -0.39 is 29.0 Å². The number of aromatic nitrogens is 1. The number of hydrogen-bond acceptors (Lipinski definition) is 7. The molecule has 1 saturated heterocycles. The largest absolute Gasteiger partial charge is 0.458 e. The van der Waals surface area contributed by atoms with Gasteiger partial charge in [-0.2, -0.15) is 0 Å². The number of allylic oxidation sites excluding steroid dienone is 1. The smallest absolute Gasteiger partial charge is 0.329 e. The van der Waals surface area contributed by atoms with E-state index in [1.807, 2.05) is 54.5 Å². The number of aliphatic imine (C=N–C) groups is 1. The summed E-state index contributed by atoms with van der Waals surface area (Å²) in [5.74, 6) is -1.22. The van der Waals surface area contributed by atoms with Crippen molar-refractivity contribution in [1.29, 1.82) is 0 Å². The first-order valence-electron chi connectivity index (χ1n) is 14.6. The Morgan fingerprint density at radius 3 is 2.49 bits per heavy atom. The molecule has 4 atom stereocenters. The third-order valence-electron chi connectivity index (χ3n) is 8.21. The lowest BCUT2D eigenvalue weighted by Gasteiger charge is -2.37. The number of likely N-dealkylation sites (tertiary alicyclic amines) is 1. The van der Waals surface area contributed by atoms with Gasteiger partial charge in [0.25, 0.3) is 5.91 Å². The van der Waals surface area contributed by atoms with E-state index in [0.717, 1.165) is 24.1 Å². The average molecular weight is 648 g/mol. The van der Waals surface area contributed by atoms with Crippen molar-refractivity contribution in [1.82, 2.24) is 14.8 Å². The second-order valence-corrected chi connectivity index (χ2v) is 14.5. The third-order valence-corrected chi connectivity index (χ3v) is 9.80. The summed E-state index contributed by atoms with van der Waals surface area (Å²) in [6.45, 7) is 13.5. The number of ether oxygens (including phenoxy) is 1. The third kappa shape index (κ3) is 5.80. The average Bonchev–Trinajstić information content (AvgIpc) is 3.59. The molecule has 1 amide bonds. The molecule has 3 aliphatic rings. The van der Waals surface area contributed by atoms with E-state index in [0.29, 0.717) is 27.2 Å². The van der Waals surface area contributed by atoms with Crippen molar-refractivity contribution < 1.29 is 18.7 Å². The molecule has 7 nitrogen and oxygen atoms in total. The van der Waals surface area contributed by atoms with E-state index >= 15 is 0 Å². The summed E-state index contributed by atoms with van der Waals surface area (Å²) in [4.78, 5) is 41.6. The van der Waals surface area contributed by atoms with Crippen LogP contribution in [0.5, 0.6) is 0 Å². The van der Waals surface area contributed by atoms with Crippen LogP contribution in [0.25, 0.3) is 0 Å². The first-order chi connectivity index (χ1) is 20.2. The predicted molar refractivity (Wildman–Crippen MR) is 169 cm³/mol. The molecule has 2 aromatic rings. The summed E-state index contributed by atoms with van der Waals surface area (Å²) < 4.78 is 20.7. The number of carbonyl (C=O) groups is 2. The zero-order valence-corrected chi connectivity index (χ0v) is 27.8. The van der Waals surface area contributed by atoms with E-state index in [1.165, 1.54) is 17.8 Å². The van der Waals surface area contributed by atoms with E-state index in [9.17, 15) is 14.0 Å². The van der Waals surface area contributed by atoms with Gasteiger partial charge in [0, 0.05) is 23.5 Å². The van der Waals surface area contributed by atoms with Crippen molar-refractivity contribution in [2.45, 2.75) is 97.0 Å². The molecule has 1 aromatic heterocycles. The fourth-order valence-corrected chi connectivity index (χ4v) is 7.88. The zero-order chi connectivity index (χ0) is 31.4. The fraction of sp³-hybridized carbons (Fsp3) is 0.500. The summed E-state index contributed by atoms with van der Waals surface area (Å²) in [5.41, 5.74) is 0.689. The monoisotopic (exact) mass is 646 g/mol. The number of esters is 1. The maximum Gasteiger partial charge on any atom is 0.329 e. The van der Waals surface area contributed by atoms with Crippen molar-refractivity contribution in [2.75, 3.05) is 0 Å². The van der Waals surface area contributed by atoms with Crippen LogP contribution in [0.2, 0.25) is 10.2 Å². The Kier molecular flexibility index (Phi) is 8.66. The molecule has 0 N–H and O–H groups in total. The van der Waals surface area contributed by atoms with Crippen LogP contribution in [0.3, 0.4) is 0 Å². The van der Waals surface area contributed by atoms with Gasteiger partial charge in [-0.25, -0.2) is 19.2 Å². The topological polar surface area (TPSA) is 75.1 Å². The Hall–Kier alpha value is -2.62. The van der Waals surface area contributed by atoms with Crippen LogP contribution >= 0.6 is 35.0 Å². The van der Waals surface area contributed by atoms with Crippen molar-refractivity contribution in [3.63, 3.8) is 0 Å². The molecule has 1 aromatic carbocycles. The van der Waals surface area contributed by atoms with Crippen LogP contribution in [-0.4, -0.2) is 49.5 Å². The number of benzene rings is 1. The van der Waals surface area contributed by atoms with E-state index in [-0.39, 0.29) is 28.9 Å². The Morgan fingerprint density at radius 2 is 1.91 bits per heavy atom. The Morgan fingerprint density at radius 1 is 1.19 bits per heavy atom. The molecule has 0 bridgehead atoms. The number of amides is 1. The van der Waals surface area contributed by atoms with Crippen molar-refractivity contribution in [3.8, 4) is 0 Å². The number of rotatable bonds is 6. The van der Waals surface area contributed by atoms with Gasteiger partial charge in [-0.05, 0) is 88.4 Å². The van der Waals surface area contributed by atoms with Gasteiger partial charge in [0.15, 0.2) is 5.17 Å². The number of amidine groups is 1. The number of nitrogens with zero attached hydrogens (tertiary/aromatic N) is 4. The number of pyridine rings is 1. The van der Waals surface area contributed by atoms with Gasteiger partial charge < -0.3 is 14.5 Å². The molecule has 11 heteroatoms. The van der Waals surface area contributed by atoms with Crippen LogP contribution in [-0.2, 0) is 19.9 Å². The van der Waals surface area contributed by atoms with E-state index in [1.54, 1.807) is 29.3 Å². The van der Waals surface area contributed by atoms with Crippen LogP contribution in [0.1, 0.15) is 84.9 Å². The highest BCUT2D eigenvalue weighted by molar-refractivity contribution is 8.18. The van der Waals surface area contributed by atoms with Crippen LogP contribution in [0.15, 0.2) is 52.1 Å². The lowest BCUT2D eigenvalue weighted by atomic mass is 9.81. The molecular weight excluding hydrogens is 610 g/mol. The minimum atomic E-state index is -0.881. The first-order valence-corrected chi connectivity index (χ1v) is 16.2. The first kappa shape index (κ1) is 31.8. The lowest BCUT2D eigenvalue weighted by Crippen LogP contribution is -2.47. The standard InChI is InChI=1S/C32H37Cl2FN4O3S/c1-8-20-11-13-23(29(41)42-31(4,5)6)38(20)28(40)26-25(17(2)3)39-27(18-9-12-21(33)22(35)15-18)32(7,37-30(39)43-26)19-10-14-24(34)36-16-19/h9-10,12,14-17,20,23,27H,8,11,13H2,1-7H3/t20-,23+,27-,32+/m1/s1. The highest BCUT2D eigenvalue weighted by Crippen LogP contribution is 2.56. The molecule has 5 rings (SSSR count). The molecule has 0 unspecified atom stereocenters. The van der Waals surface area contributed by atoms with Crippen LogP contribution in [0.4, 0.5) is 4.39 Å². The molecule has 0 aliphatic carbocycles. The van der Waals surface area contributed by atoms with Gasteiger partial charge in [-0.1, -0.05) is 56.1 Å². The Labute approximate surface area is 266 Å². The summed E-state index contributed by atoms with van der Waals surface area (Å²) in [7, 11) is 0. The van der Waals surface area contributed by atoms with Gasteiger partial charge in [0.1, 0.15) is 33.1 Å². The quantitative estimate of drug-likeness (QED) is 0.235. The highest BCUT2D eigenvalue weighted by atomic mass is 35.5. The Bertz CT molecular complexity index is 1510. The van der Waals surface area contributed by atoms with Crippen molar-refractivity contribution >= 4 is 52.0 Å². The number of fused-ring (bicyclic) bond motifs is 1. The summed E-state index contributed by atoms with van der Waals surface area (Å²) in [6, 6.07) is 7.10. The predicted octanol–water partition coefficient (Wildman–Crippen LogP) is 7.88. The fourth-order valence-electron chi connectivity index (χ4n) is 6.30. The summed E-state index contributed by atoms with van der Waals surface area (Å²) in [5, 5.41) is 1.01. The van der Waals surface area contributed by atoms with E-state index in [4.69, 9.17) is 32.9 Å². The molecule has 43 heavy (non-hydrogen) atoms. The highest BCUT2D eigenvalue weighted by Gasteiger charge is 2.55. The number of halogens is 3. The minimum absolute atomic E-state index is 0.0249. The maximum atomic E-state index is 14.9. The Balaban J connectivity index is 1.62. The second kappa shape index (κ2) is 11.7. The summed E-state index contributed by atoms with van der Waals surface area (Å²) >= 11 is 13.5. The number of hydrogen-bond donors (Lipinski definition) is 0. The zero-order valence-electron chi connectivity index (χ0n) is 25.5. The van der Waals surface area contributed by atoms with Gasteiger partial charge >= 0.3 is 5.97 Å². The lowest BCUT2D eigenvalue weighted by molar-refractivity contribution is -0.163. The molecule has 230 valence electrons. The SMILES string of the molecule is CC[C@@H]1CC[C@@H](C(=O)OC(C)(C)C)N1C(=O)C1=C(C(C)C)N2C(=N[C@@](C)(c3ccc(Cl)nc3)[C@H]2c2ccc(Cl)c(F)c2)S1. The van der Waals surface area contributed by atoms with Gasteiger partial charge in [0.05, 0.1) is 11.1 Å².